The van der Waals surface area contributed by atoms with Crippen LogP contribution in [-0.4, -0.2) is 38.4 Å². The zero-order valence-corrected chi connectivity index (χ0v) is 10.8. The molecule has 2 unspecified atom stereocenters. The van der Waals surface area contributed by atoms with Crippen molar-refractivity contribution in [2.45, 2.75) is 12.3 Å². The minimum atomic E-state index is 0.340. The number of nitrogens with zero attached hydrogens (tertiary/aromatic N) is 1. The monoisotopic (exact) mass is 248 g/mol. The van der Waals surface area contributed by atoms with Gasteiger partial charge in [-0.2, -0.15) is 0 Å². The number of hydrogen-bond acceptors (Lipinski definition) is 4. The van der Waals surface area contributed by atoms with Gasteiger partial charge in [0.2, 0.25) is 6.79 Å². The van der Waals surface area contributed by atoms with Crippen LogP contribution in [0, 0.1) is 5.92 Å². The van der Waals surface area contributed by atoms with Gasteiger partial charge in [0, 0.05) is 6.54 Å². The zero-order chi connectivity index (χ0) is 12.5. The van der Waals surface area contributed by atoms with E-state index in [1.807, 2.05) is 6.07 Å². The fourth-order valence-electron chi connectivity index (χ4n) is 3.04. The molecule has 0 bridgehead atoms. The Balaban J connectivity index is 1.85. The highest BCUT2D eigenvalue weighted by molar-refractivity contribution is 5.45. The molecule has 2 heterocycles. The predicted molar refractivity (Wildman–Crippen MR) is 70.0 cm³/mol. The van der Waals surface area contributed by atoms with Gasteiger partial charge in [0.1, 0.15) is 0 Å². The summed E-state index contributed by atoms with van der Waals surface area (Å²) in [6.45, 7) is 3.29. The van der Waals surface area contributed by atoms with Gasteiger partial charge in [-0.1, -0.05) is 6.07 Å². The molecule has 0 amide bonds. The average molecular weight is 248 g/mol. The first-order valence-electron chi connectivity index (χ1n) is 6.56. The van der Waals surface area contributed by atoms with Crippen molar-refractivity contribution >= 4 is 0 Å². The maximum Gasteiger partial charge on any atom is 0.231 e. The Hall–Kier alpha value is -1.26. The van der Waals surface area contributed by atoms with Crippen LogP contribution in [0.25, 0.3) is 0 Å². The smallest absolute Gasteiger partial charge is 0.231 e. The molecule has 3 rings (SSSR count). The summed E-state index contributed by atoms with van der Waals surface area (Å²) in [7, 11) is 2.17. The Kier molecular flexibility index (Phi) is 3.14. The van der Waals surface area contributed by atoms with Crippen molar-refractivity contribution in [3.05, 3.63) is 23.8 Å². The molecule has 2 N–H and O–H groups in total. The highest BCUT2D eigenvalue weighted by Gasteiger charge is 2.29. The van der Waals surface area contributed by atoms with E-state index in [1.165, 1.54) is 5.56 Å². The lowest BCUT2D eigenvalue weighted by Gasteiger charge is -2.36. The number of piperidine rings is 1. The van der Waals surface area contributed by atoms with Crippen molar-refractivity contribution in [1.82, 2.24) is 4.90 Å². The second-order valence-electron chi connectivity index (χ2n) is 5.27. The summed E-state index contributed by atoms with van der Waals surface area (Å²) in [4.78, 5) is 2.36. The Morgan fingerprint density at radius 2 is 2.17 bits per heavy atom. The van der Waals surface area contributed by atoms with Crippen molar-refractivity contribution in [3.8, 4) is 11.5 Å². The van der Waals surface area contributed by atoms with E-state index in [4.69, 9.17) is 15.2 Å². The third-order valence-corrected chi connectivity index (χ3v) is 4.06. The van der Waals surface area contributed by atoms with Gasteiger partial charge in [0.25, 0.3) is 0 Å². The Labute approximate surface area is 108 Å². The molecule has 1 aromatic rings. The normalized spacial score (nSPS) is 27.4. The fourth-order valence-corrected chi connectivity index (χ4v) is 3.04. The van der Waals surface area contributed by atoms with Gasteiger partial charge in [0.15, 0.2) is 11.5 Å². The molecule has 0 saturated carbocycles. The number of ether oxygens (including phenoxy) is 2. The average Bonchev–Trinajstić information content (AvgIpc) is 2.85. The Bertz CT molecular complexity index is 436. The van der Waals surface area contributed by atoms with E-state index in [1.54, 1.807) is 0 Å². The third kappa shape index (κ3) is 2.06. The van der Waals surface area contributed by atoms with Crippen molar-refractivity contribution in [1.29, 1.82) is 0 Å². The molecule has 0 aliphatic carbocycles. The van der Waals surface area contributed by atoms with Crippen molar-refractivity contribution in [2.24, 2.45) is 11.7 Å². The molecule has 2 aliphatic heterocycles. The maximum atomic E-state index is 5.92. The number of nitrogens with two attached hydrogens (primary N) is 1. The predicted octanol–water partition coefficient (Wildman–Crippen LogP) is 1.41. The number of hydrogen-bond donors (Lipinski definition) is 1. The molecular formula is C14H20N2O2. The van der Waals surface area contributed by atoms with E-state index in [0.717, 1.165) is 37.6 Å². The molecule has 0 spiro atoms. The lowest BCUT2D eigenvalue weighted by molar-refractivity contribution is 0.173. The quantitative estimate of drug-likeness (QED) is 0.859. The maximum absolute atomic E-state index is 5.92. The lowest BCUT2D eigenvalue weighted by atomic mass is 9.80. The fraction of sp³-hybridized carbons (Fsp3) is 0.571. The number of rotatable bonds is 2. The van der Waals surface area contributed by atoms with E-state index >= 15 is 0 Å². The summed E-state index contributed by atoms with van der Waals surface area (Å²) >= 11 is 0. The summed E-state index contributed by atoms with van der Waals surface area (Å²) in [5.74, 6) is 2.81. The summed E-state index contributed by atoms with van der Waals surface area (Å²) < 4.78 is 10.8. The highest BCUT2D eigenvalue weighted by Crippen LogP contribution is 2.38. The van der Waals surface area contributed by atoms with Crippen molar-refractivity contribution in [3.63, 3.8) is 0 Å². The van der Waals surface area contributed by atoms with Gasteiger partial charge >= 0.3 is 0 Å². The van der Waals surface area contributed by atoms with E-state index in [0.29, 0.717) is 18.6 Å². The van der Waals surface area contributed by atoms with Crippen molar-refractivity contribution < 1.29 is 9.47 Å². The van der Waals surface area contributed by atoms with Gasteiger partial charge in [-0.05, 0) is 56.1 Å². The van der Waals surface area contributed by atoms with Crippen LogP contribution < -0.4 is 15.2 Å². The van der Waals surface area contributed by atoms with Gasteiger partial charge < -0.3 is 20.1 Å². The van der Waals surface area contributed by atoms with Crippen LogP contribution in [-0.2, 0) is 0 Å². The second-order valence-corrected chi connectivity index (χ2v) is 5.27. The molecule has 2 aliphatic rings. The van der Waals surface area contributed by atoms with Gasteiger partial charge in [0.05, 0.1) is 0 Å². The Morgan fingerprint density at radius 1 is 1.33 bits per heavy atom. The highest BCUT2D eigenvalue weighted by atomic mass is 16.7. The first kappa shape index (κ1) is 11.8. The lowest BCUT2D eigenvalue weighted by Crippen LogP contribution is -2.40. The Morgan fingerprint density at radius 3 is 3.00 bits per heavy atom. The molecule has 4 nitrogen and oxygen atoms in total. The van der Waals surface area contributed by atoms with Crippen LogP contribution in [0.3, 0.4) is 0 Å². The van der Waals surface area contributed by atoms with Gasteiger partial charge in [-0.15, -0.1) is 0 Å². The second kappa shape index (κ2) is 4.78. The molecule has 1 fully saturated rings. The van der Waals surface area contributed by atoms with Crippen LogP contribution in [0.15, 0.2) is 18.2 Å². The molecule has 98 valence electrons. The summed E-state index contributed by atoms with van der Waals surface area (Å²) in [5.41, 5.74) is 7.26. The van der Waals surface area contributed by atoms with Crippen molar-refractivity contribution in [2.75, 3.05) is 33.5 Å². The largest absolute Gasteiger partial charge is 0.454 e. The molecule has 1 aromatic carbocycles. The SMILES string of the molecule is CN1CCC(c2ccc3c(c2)OCO3)C(CN)C1. The molecule has 4 heteroatoms. The first-order valence-corrected chi connectivity index (χ1v) is 6.56. The molecule has 0 radical (unpaired) electrons. The van der Waals surface area contributed by atoms with Crippen LogP contribution in [0.2, 0.25) is 0 Å². The van der Waals surface area contributed by atoms with Crippen LogP contribution >= 0.6 is 0 Å². The molecule has 0 aromatic heterocycles. The summed E-state index contributed by atoms with van der Waals surface area (Å²) in [5, 5.41) is 0. The van der Waals surface area contributed by atoms with E-state index in [2.05, 4.69) is 24.1 Å². The summed E-state index contributed by atoms with van der Waals surface area (Å²) in [6, 6.07) is 6.30. The topological polar surface area (TPSA) is 47.7 Å². The first-order chi connectivity index (χ1) is 8.78. The zero-order valence-electron chi connectivity index (χ0n) is 10.8. The molecule has 1 saturated heterocycles. The minimum absolute atomic E-state index is 0.340. The standard InChI is InChI=1S/C14H20N2O2/c1-16-5-4-12(11(7-15)8-16)10-2-3-13-14(6-10)18-9-17-13/h2-3,6,11-12H,4-5,7-9,15H2,1H3. The van der Waals surface area contributed by atoms with Crippen LogP contribution in [0.4, 0.5) is 0 Å². The van der Waals surface area contributed by atoms with E-state index in [-0.39, 0.29) is 0 Å². The van der Waals surface area contributed by atoms with Crippen LogP contribution in [0.5, 0.6) is 11.5 Å². The summed E-state index contributed by atoms with van der Waals surface area (Å²) in [6.07, 6.45) is 1.16. The molecule has 18 heavy (non-hydrogen) atoms. The van der Waals surface area contributed by atoms with Crippen LogP contribution in [0.1, 0.15) is 17.9 Å². The van der Waals surface area contributed by atoms with E-state index < -0.39 is 0 Å². The third-order valence-electron chi connectivity index (χ3n) is 4.06. The number of benzene rings is 1. The van der Waals surface area contributed by atoms with Gasteiger partial charge in [-0.3, -0.25) is 0 Å². The van der Waals surface area contributed by atoms with Gasteiger partial charge in [-0.25, -0.2) is 0 Å². The molecule has 2 atom stereocenters. The molecular weight excluding hydrogens is 228 g/mol. The minimum Gasteiger partial charge on any atom is -0.454 e. The number of fused-ring (bicyclic) bond motifs is 1. The van der Waals surface area contributed by atoms with E-state index in [9.17, 15) is 0 Å². The number of likely N-dealkylation sites (tertiary alicyclic amines) is 1.